The van der Waals surface area contributed by atoms with E-state index in [-0.39, 0.29) is 27.1 Å². The normalized spacial score (nSPS) is 14.1. The van der Waals surface area contributed by atoms with Gasteiger partial charge in [-0.3, -0.25) is 0 Å². The molecule has 3 aliphatic rings. The second kappa shape index (κ2) is 30.4. The standard InChI is InChI=1S/C117H104N2Si2/c1-113(2,3)85-51-55-87(56-52-85)118(89-59-65-99(66-60-89)120(93-31-19-13-20-32-93,94-33-21-14-22-34-94)95-35-23-15-24-36-95)91-63-73-105-103-71-49-83(77-109(103)116(9,10)111(105)79-91)45-43-81-47-69-101-102-70-48-82(76-108(102)115(7,8)107(101)75-81)44-46-84-50-72-104-106-74-64-92(80-112(106)117(11,12)110(104)78-84)119(88-57-53-86(54-58-88)114(4,5)6)90-61-67-100(68-62-90)121(96-37-25-16-26-38-96,97-39-27-17-28-40-97)98-41-29-18-30-42-98/h13-80H,1-12H3/b45-43+,46-44+. The monoisotopic (exact) mass is 1590 g/mol. The van der Waals surface area contributed by atoms with Gasteiger partial charge in [0.25, 0.3) is 0 Å². The molecular formula is C117H104N2Si2. The van der Waals surface area contributed by atoms with E-state index in [1.54, 1.807) is 0 Å². The maximum absolute atomic E-state index is 2.75. The minimum Gasteiger partial charge on any atom is -0.310 e. The van der Waals surface area contributed by atoms with Crippen LogP contribution in [-0.4, -0.2) is 16.1 Å². The van der Waals surface area contributed by atoms with Gasteiger partial charge in [0.05, 0.1) is 0 Å². The topological polar surface area (TPSA) is 6.48 Å². The second-order valence-corrected chi connectivity index (χ2v) is 44.9. The molecule has 0 saturated heterocycles. The van der Waals surface area contributed by atoms with E-state index in [1.165, 1.54) is 142 Å². The van der Waals surface area contributed by atoms with Gasteiger partial charge in [-0.25, -0.2) is 0 Å². The third kappa shape index (κ3) is 13.6. The van der Waals surface area contributed by atoms with Crippen molar-refractivity contribution in [2.24, 2.45) is 0 Å². The molecule has 0 saturated carbocycles. The molecule has 0 bridgehead atoms. The van der Waals surface area contributed by atoms with Gasteiger partial charge in [0.1, 0.15) is 0 Å². The molecule has 0 radical (unpaired) electrons. The first kappa shape index (κ1) is 77.9. The van der Waals surface area contributed by atoms with Crippen LogP contribution in [0.4, 0.5) is 34.1 Å². The molecule has 0 atom stereocenters. The predicted molar refractivity (Wildman–Crippen MR) is 524 cm³/mol. The van der Waals surface area contributed by atoms with Crippen molar-refractivity contribution in [2.75, 3.05) is 9.80 Å². The van der Waals surface area contributed by atoms with Crippen LogP contribution < -0.4 is 51.3 Å². The summed E-state index contributed by atoms with van der Waals surface area (Å²) in [5.74, 6) is 0. The van der Waals surface area contributed by atoms with E-state index in [9.17, 15) is 0 Å². The van der Waals surface area contributed by atoms with E-state index in [0.717, 1.165) is 34.1 Å². The van der Waals surface area contributed by atoms with E-state index in [4.69, 9.17) is 0 Å². The van der Waals surface area contributed by atoms with Crippen molar-refractivity contribution in [2.45, 2.75) is 110 Å². The van der Waals surface area contributed by atoms with E-state index < -0.39 is 16.1 Å². The lowest BCUT2D eigenvalue weighted by molar-refractivity contribution is 0.590. The van der Waals surface area contributed by atoms with Crippen LogP contribution in [0.3, 0.4) is 0 Å². The molecular weight excluding hydrogens is 1490 g/mol. The minimum atomic E-state index is -2.75. The molecule has 0 N–H and O–H groups in total. The highest BCUT2D eigenvalue weighted by Crippen LogP contribution is 2.55. The molecule has 16 aromatic carbocycles. The van der Waals surface area contributed by atoms with Crippen LogP contribution in [0.2, 0.25) is 0 Å². The maximum atomic E-state index is 2.47. The Labute approximate surface area is 719 Å². The maximum Gasteiger partial charge on any atom is 0.179 e. The number of hydrogen-bond donors (Lipinski definition) is 0. The molecule has 16 aromatic rings. The zero-order valence-electron chi connectivity index (χ0n) is 71.7. The summed E-state index contributed by atoms with van der Waals surface area (Å²) >= 11 is 0. The van der Waals surface area contributed by atoms with E-state index in [1.807, 2.05) is 0 Å². The molecule has 0 amide bonds. The molecule has 4 heteroatoms. The lowest BCUT2D eigenvalue weighted by atomic mass is 9.81. The highest BCUT2D eigenvalue weighted by Gasteiger charge is 2.45. The molecule has 0 fully saturated rings. The van der Waals surface area contributed by atoms with Crippen molar-refractivity contribution in [1.29, 1.82) is 0 Å². The first-order chi connectivity index (χ1) is 58.5. The largest absolute Gasteiger partial charge is 0.310 e. The Morgan fingerprint density at radius 1 is 0.198 bits per heavy atom. The van der Waals surface area contributed by atoms with Gasteiger partial charge in [0, 0.05) is 50.4 Å². The summed E-state index contributed by atoms with van der Waals surface area (Å²) in [5.41, 5.74) is 29.4. The Morgan fingerprint density at radius 2 is 0.380 bits per heavy atom. The van der Waals surface area contributed by atoms with Gasteiger partial charge in [0.15, 0.2) is 16.1 Å². The lowest BCUT2D eigenvalue weighted by Gasteiger charge is -2.35. The van der Waals surface area contributed by atoms with Crippen molar-refractivity contribution in [3.05, 3.63) is 455 Å². The van der Waals surface area contributed by atoms with Gasteiger partial charge < -0.3 is 9.80 Å². The Hall–Kier alpha value is -13.0. The molecule has 0 aliphatic heterocycles. The number of rotatable bonds is 18. The van der Waals surface area contributed by atoms with E-state index in [2.05, 4.69) is 505 Å². The first-order valence-corrected chi connectivity index (χ1v) is 47.1. The SMILES string of the molecule is CC(C)(C)c1ccc(N(c2ccc([Si](c3ccccc3)(c3ccccc3)c3ccccc3)cc2)c2ccc3c(c2)C(C)(C)c2cc(/C=C/c4ccc5c(c4)C(C)(C)c4cc(/C=C/c6ccc7c(c6)C(C)(C)c6cc(N(c8ccc(C(C)(C)C)cc8)c8ccc([Si](c9ccccc9)(c9ccccc9)c9ccccc9)cc8)ccc6-7)ccc4-5)ccc2-3)cc1. The van der Waals surface area contributed by atoms with Gasteiger partial charge in [-0.15, -0.1) is 0 Å². The van der Waals surface area contributed by atoms with Crippen molar-refractivity contribution < 1.29 is 0 Å². The third-order valence-electron chi connectivity index (χ3n) is 26.9. The second-order valence-electron chi connectivity index (χ2n) is 37.3. The molecule has 0 aromatic heterocycles. The van der Waals surface area contributed by atoms with Crippen LogP contribution in [0.25, 0.3) is 57.7 Å². The molecule has 590 valence electrons. The number of anilines is 6. The Bertz CT molecular complexity index is 6010. The lowest BCUT2D eigenvalue weighted by Crippen LogP contribution is -2.74. The smallest absolute Gasteiger partial charge is 0.179 e. The zero-order valence-corrected chi connectivity index (χ0v) is 73.7. The summed E-state index contributed by atoms with van der Waals surface area (Å²) in [6.07, 6.45) is 9.26. The zero-order chi connectivity index (χ0) is 83.2. The van der Waals surface area contributed by atoms with Crippen LogP contribution in [0, 0.1) is 0 Å². The molecule has 3 aliphatic carbocycles. The number of nitrogens with zero attached hydrogens (tertiary/aromatic N) is 2. The molecule has 2 nitrogen and oxygen atoms in total. The van der Waals surface area contributed by atoms with Gasteiger partial charge in [-0.05, 0) is 225 Å². The summed E-state index contributed by atoms with van der Waals surface area (Å²) in [7, 11) is -5.49. The summed E-state index contributed by atoms with van der Waals surface area (Å²) in [6, 6.07) is 148. The average Bonchev–Trinajstić information content (AvgIpc) is 1.39. The van der Waals surface area contributed by atoms with Gasteiger partial charge in [-0.1, -0.05) is 423 Å². The highest BCUT2D eigenvalue weighted by molar-refractivity contribution is 7.20. The quantitative estimate of drug-likeness (QED) is 0.0480. The fraction of sp³-hybridized carbons (Fsp3) is 0.145. The van der Waals surface area contributed by atoms with Crippen LogP contribution in [-0.2, 0) is 27.1 Å². The molecule has 0 unspecified atom stereocenters. The van der Waals surface area contributed by atoms with Crippen LogP contribution in [0.15, 0.2) is 388 Å². The van der Waals surface area contributed by atoms with Gasteiger partial charge in [-0.2, -0.15) is 0 Å². The van der Waals surface area contributed by atoms with Crippen molar-refractivity contribution in [1.82, 2.24) is 0 Å². The molecule has 121 heavy (non-hydrogen) atoms. The van der Waals surface area contributed by atoms with E-state index in [0.29, 0.717) is 0 Å². The fourth-order valence-corrected chi connectivity index (χ4v) is 29.8. The third-order valence-corrected chi connectivity index (χ3v) is 36.5. The molecule has 0 spiro atoms. The van der Waals surface area contributed by atoms with Crippen LogP contribution >= 0.6 is 0 Å². The highest BCUT2D eigenvalue weighted by atomic mass is 28.3. The van der Waals surface area contributed by atoms with Crippen LogP contribution in [0.5, 0.6) is 0 Å². The summed E-state index contributed by atoms with van der Waals surface area (Å²) < 4.78 is 0. The number of fused-ring (bicyclic) bond motifs is 9. The number of benzene rings is 16. The van der Waals surface area contributed by atoms with Crippen LogP contribution in [0.1, 0.15) is 150 Å². The van der Waals surface area contributed by atoms with Crippen molar-refractivity contribution in [3.8, 4) is 33.4 Å². The first-order valence-electron chi connectivity index (χ1n) is 43.1. The summed E-state index contributed by atoms with van der Waals surface area (Å²) in [6.45, 7) is 28.2. The number of hydrogen-bond acceptors (Lipinski definition) is 2. The van der Waals surface area contributed by atoms with Crippen molar-refractivity contribution >= 4 is 116 Å². The Kier molecular flexibility index (Phi) is 19.6. The summed E-state index contributed by atoms with van der Waals surface area (Å²) in [5, 5.41) is 10.9. The van der Waals surface area contributed by atoms with Gasteiger partial charge in [0.2, 0.25) is 0 Å². The molecule has 19 rings (SSSR count). The molecule has 0 heterocycles. The summed E-state index contributed by atoms with van der Waals surface area (Å²) in [4.78, 5) is 4.93. The van der Waals surface area contributed by atoms with E-state index >= 15 is 0 Å². The Balaban J connectivity index is 0.574. The van der Waals surface area contributed by atoms with Crippen molar-refractivity contribution in [3.63, 3.8) is 0 Å². The average molecular weight is 1590 g/mol. The Morgan fingerprint density at radius 3 is 0.595 bits per heavy atom. The van der Waals surface area contributed by atoms with Gasteiger partial charge >= 0.3 is 0 Å². The minimum absolute atomic E-state index is 0.0199. The predicted octanol–water partition coefficient (Wildman–Crippen LogP) is 25.2. The fourth-order valence-electron chi connectivity index (χ4n) is 20.3.